The summed E-state index contributed by atoms with van der Waals surface area (Å²) in [5, 5.41) is 1.86. The molecule has 0 aliphatic carbocycles. The lowest BCUT2D eigenvalue weighted by Crippen LogP contribution is -1.94. The fourth-order valence-electron chi connectivity index (χ4n) is 3.71. The molecule has 2 aromatic heterocycles. The number of hydrogen-bond acceptors (Lipinski definition) is 2. The molecule has 2 heteroatoms. The molecular formula is C28H25NO. The van der Waals surface area contributed by atoms with Crippen molar-refractivity contribution in [1.29, 1.82) is 0 Å². The molecule has 2 nitrogen and oxygen atoms in total. The standard InChI is InChI=1S/C28H25NO/c1-18(2)15-20-11-13-21(14-12-20)25-16-26(29-17-19(25)3)24-9-6-8-23-22-7-4-5-10-27(22)30-28(23)24/h4-14,16-18H,15H2,1-3H3/i3D3,13D,14D,15D2. The average molecular weight is 399 g/mol. The molecule has 0 amide bonds. The highest BCUT2D eigenvalue weighted by molar-refractivity contribution is 6.09. The van der Waals surface area contributed by atoms with E-state index in [0.717, 1.165) is 16.4 Å². The highest BCUT2D eigenvalue weighted by Gasteiger charge is 2.14. The Kier molecular flexibility index (Phi) is 3.07. The van der Waals surface area contributed by atoms with Crippen LogP contribution in [0.5, 0.6) is 0 Å². The normalized spacial score (nSPS) is 15.9. The number of benzene rings is 3. The number of nitrogens with zero attached hydrogens (tertiary/aromatic N) is 1. The molecule has 148 valence electrons. The van der Waals surface area contributed by atoms with E-state index in [4.69, 9.17) is 14.0 Å². The molecule has 0 saturated carbocycles. The minimum absolute atomic E-state index is 0.0744. The van der Waals surface area contributed by atoms with Gasteiger partial charge in [-0.25, -0.2) is 0 Å². The minimum Gasteiger partial charge on any atom is -0.455 e. The highest BCUT2D eigenvalue weighted by atomic mass is 16.3. The van der Waals surface area contributed by atoms with Gasteiger partial charge in [-0.05, 0) is 59.6 Å². The van der Waals surface area contributed by atoms with Crippen molar-refractivity contribution in [3.63, 3.8) is 0 Å². The summed E-state index contributed by atoms with van der Waals surface area (Å²) in [5.74, 6) is -0.369. The molecular weight excluding hydrogens is 366 g/mol. The molecule has 0 aliphatic heterocycles. The zero-order valence-electron chi connectivity index (χ0n) is 23.8. The van der Waals surface area contributed by atoms with Crippen molar-refractivity contribution in [2.45, 2.75) is 27.1 Å². The van der Waals surface area contributed by atoms with Gasteiger partial charge in [0, 0.05) is 29.4 Å². The Balaban J connectivity index is 1.75. The second kappa shape index (κ2) is 7.46. The van der Waals surface area contributed by atoms with Gasteiger partial charge in [0.15, 0.2) is 0 Å². The molecule has 3 aromatic carbocycles. The first-order chi connectivity index (χ1) is 17.4. The van der Waals surface area contributed by atoms with E-state index >= 15 is 0 Å². The van der Waals surface area contributed by atoms with E-state index in [1.54, 1.807) is 19.9 Å². The summed E-state index contributed by atoms with van der Waals surface area (Å²) >= 11 is 0. The molecule has 0 bridgehead atoms. The summed E-state index contributed by atoms with van der Waals surface area (Å²) in [4.78, 5) is 4.46. The molecule has 0 radical (unpaired) electrons. The maximum atomic E-state index is 8.68. The van der Waals surface area contributed by atoms with Crippen LogP contribution in [0, 0.1) is 12.8 Å². The molecule has 0 spiro atoms. The SMILES string of the molecule is [2H]c1cc(C([2H])([2H])C(C)C)cc([2H])c1-c1cc(-c2cccc3c2oc2ccccc23)ncc1C([2H])([2H])[2H]. The fraction of sp³-hybridized carbons (Fsp3) is 0.179. The van der Waals surface area contributed by atoms with Crippen molar-refractivity contribution in [1.82, 2.24) is 4.98 Å². The first kappa shape index (κ1) is 12.3. The summed E-state index contributed by atoms with van der Waals surface area (Å²) in [6.07, 6.45) is -0.462. The predicted octanol–water partition coefficient (Wildman–Crippen LogP) is 7.82. The Labute approximate surface area is 187 Å². The van der Waals surface area contributed by atoms with E-state index in [1.807, 2.05) is 42.5 Å². The molecule has 0 saturated heterocycles. The Bertz CT molecular complexity index is 1630. The van der Waals surface area contributed by atoms with E-state index in [0.29, 0.717) is 16.8 Å². The van der Waals surface area contributed by atoms with Gasteiger partial charge in [0.05, 0.1) is 8.44 Å². The lowest BCUT2D eigenvalue weighted by molar-refractivity contribution is 0.647. The zero-order valence-corrected chi connectivity index (χ0v) is 16.8. The lowest BCUT2D eigenvalue weighted by atomic mass is 9.96. The molecule has 2 heterocycles. The van der Waals surface area contributed by atoms with Crippen molar-refractivity contribution in [2.75, 3.05) is 0 Å². The van der Waals surface area contributed by atoms with Crippen molar-refractivity contribution in [3.8, 4) is 22.4 Å². The summed E-state index contributed by atoms with van der Waals surface area (Å²) in [7, 11) is 0. The van der Waals surface area contributed by atoms with Crippen LogP contribution in [0.1, 0.15) is 34.6 Å². The monoisotopic (exact) mass is 398 g/mol. The molecule has 0 atom stereocenters. The van der Waals surface area contributed by atoms with E-state index in [2.05, 4.69) is 4.98 Å². The van der Waals surface area contributed by atoms with Crippen LogP contribution in [0.4, 0.5) is 0 Å². The van der Waals surface area contributed by atoms with Crippen molar-refractivity contribution >= 4 is 21.9 Å². The Morgan fingerprint density at radius 1 is 1.00 bits per heavy atom. The molecule has 0 unspecified atom stereocenters. The van der Waals surface area contributed by atoms with Gasteiger partial charge in [-0.2, -0.15) is 0 Å². The van der Waals surface area contributed by atoms with Crippen LogP contribution in [0.2, 0.25) is 0 Å². The van der Waals surface area contributed by atoms with Crippen LogP contribution < -0.4 is 0 Å². The van der Waals surface area contributed by atoms with E-state index in [9.17, 15) is 0 Å². The topological polar surface area (TPSA) is 26.0 Å². The van der Waals surface area contributed by atoms with E-state index < -0.39 is 13.2 Å². The van der Waals surface area contributed by atoms with Gasteiger partial charge in [0.25, 0.3) is 0 Å². The lowest BCUT2D eigenvalue weighted by Gasteiger charge is -2.11. The van der Waals surface area contributed by atoms with Crippen LogP contribution in [-0.4, -0.2) is 4.98 Å². The third-order valence-corrected chi connectivity index (χ3v) is 5.05. The summed E-state index contributed by atoms with van der Waals surface area (Å²) in [5.41, 5.74) is 2.92. The molecule has 0 N–H and O–H groups in total. The quantitative estimate of drug-likeness (QED) is 0.308. The number of aryl methyl sites for hydroxylation is 1. The van der Waals surface area contributed by atoms with Crippen molar-refractivity contribution in [2.24, 2.45) is 5.92 Å². The first-order valence-corrected chi connectivity index (χ1v) is 9.93. The molecule has 30 heavy (non-hydrogen) atoms. The predicted molar refractivity (Wildman–Crippen MR) is 126 cm³/mol. The number of pyridine rings is 1. The van der Waals surface area contributed by atoms with Crippen molar-refractivity contribution in [3.05, 3.63) is 90.1 Å². The van der Waals surface area contributed by atoms with Gasteiger partial charge < -0.3 is 4.42 Å². The third kappa shape index (κ3) is 3.29. The van der Waals surface area contributed by atoms with Gasteiger partial charge in [0.1, 0.15) is 11.2 Å². The fourth-order valence-corrected chi connectivity index (χ4v) is 3.71. The highest BCUT2D eigenvalue weighted by Crippen LogP contribution is 2.36. The van der Waals surface area contributed by atoms with Crippen LogP contribution in [-0.2, 0) is 6.37 Å². The number of aromatic nitrogens is 1. The zero-order chi connectivity index (χ0) is 26.7. The molecule has 5 aromatic rings. The second-order valence-corrected chi connectivity index (χ2v) is 7.60. The number of fused-ring (bicyclic) bond motifs is 3. The molecule has 0 aliphatic rings. The third-order valence-electron chi connectivity index (χ3n) is 5.05. The summed E-state index contributed by atoms with van der Waals surface area (Å²) < 4.78 is 64.5. The minimum atomic E-state index is -2.53. The maximum Gasteiger partial charge on any atom is 0.144 e. The van der Waals surface area contributed by atoms with Gasteiger partial charge in [0.2, 0.25) is 0 Å². The summed E-state index contributed by atoms with van der Waals surface area (Å²) in [6.45, 7) is 0.944. The number of rotatable bonds is 4. The summed E-state index contributed by atoms with van der Waals surface area (Å²) in [6, 6.07) is 17.5. The van der Waals surface area contributed by atoms with Crippen molar-refractivity contribution < 1.29 is 14.0 Å². The van der Waals surface area contributed by atoms with Gasteiger partial charge in [-0.15, -0.1) is 0 Å². The van der Waals surface area contributed by atoms with E-state index in [-0.39, 0.29) is 40.3 Å². The van der Waals surface area contributed by atoms with Crippen LogP contribution in [0.15, 0.2) is 83.4 Å². The van der Waals surface area contributed by atoms with Gasteiger partial charge in [-0.1, -0.05) is 68.4 Å². The van der Waals surface area contributed by atoms with Gasteiger partial charge in [-0.3, -0.25) is 4.98 Å². The number of para-hydroxylation sites is 2. The van der Waals surface area contributed by atoms with Crippen LogP contribution in [0.25, 0.3) is 44.3 Å². The maximum absolute atomic E-state index is 8.68. The van der Waals surface area contributed by atoms with Crippen LogP contribution in [0.3, 0.4) is 0 Å². The molecule has 0 fully saturated rings. The Morgan fingerprint density at radius 2 is 1.80 bits per heavy atom. The largest absolute Gasteiger partial charge is 0.455 e. The Hall–Kier alpha value is -3.39. The average Bonchev–Trinajstić information content (AvgIpc) is 3.21. The molecule has 5 rings (SSSR count). The first-order valence-electron chi connectivity index (χ1n) is 13.4. The number of furan rings is 1. The Morgan fingerprint density at radius 3 is 2.60 bits per heavy atom. The van der Waals surface area contributed by atoms with Crippen LogP contribution >= 0.6 is 0 Å². The smallest absolute Gasteiger partial charge is 0.144 e. The number of hydrogen-bond donors (Lipinski definition) is 0. The van der Waals surface area contributed by atoms with E-state index in [1.165, 1.54) is 18.3 Å². The van der Waals surface area contributed by atoms with Gasteiger partial charge >= 0.3 is 0 Å². The second-order valence-electron chi connectivity index (χ2n) is 7.60.